The van der Waals surface area contributed by atoms with Gasteiger partial charge < -0.3 is 5.11 Å². The summed E-state index contributed by atoms with van der Waals surface area (Å²) in [5.74, 6) is -0.766. The summed E-state index contributed by atoms with van der Waals surface area (Å²) in [6, 6.07) is 3.67. The van der Waals surface area contributed by atoms with Crippen molar-refractivity contribution in [2.75, 3.05) is 0 Å². The van der Waals surface area contributed by atoms with Gasteiger partial charge in [0.05, 0.1) is 6.42 Å². The highest BCUT2D eigenvalue weighted by Gasteiger charge is 1.98. The van der Waals surface area contributed by atoms with E-state index >= 15 is 0 Å². The molecule has 0 saturated carbocycles. The van der Waals surface area contributed by atoms with Crippen LogP contribution in [0.5, 0.6) is 0 Å². The number of rotatable bonds is 2. The molecular formula is C9H16O2SSi. The van der Waals surface area contributed by atoms with E-state index in [0.29, 0.717) is 0 Å². The molecule has 0 aromatic carbocycles. The second-order valence-electron chi connectivity index (χ2n) is 3.38. The fourth-order valence-corrected chi connectivity index (χ4v) is 1.26. The number of hydrogen-bond acceptors (Lipinski definition) is 2. The molecule has 0 radical (unpaired) electrons. The molecule has 0 aliphatic heterocycles. The summed E-state index contributed by atoms with van der Waals surface area (Å²) in [7, 11) is -0.139. The van der Waals surface area contributed by atoms with Gasteiger partial charge in [-0.15, -0.1) is 11.3 Å². The SMILES string of the molecule is C[SiH](C)C.O=C(O)Cc1cccs1. The molecule has 74 valence electrons. The maximum Gasteiger partial charge on any atom is 0.308 e. The minimum atomic E-state index is -0.766. The lowest BCUT2D eigenvalue weighted by Crippen LogP contribution is -1.96. The van der Waals surface area contributed by atoms with E-state index in [1.54, 1.807) is 0 Å². The van der Waals surface area contributed by atoms with Crippen molar-refractivity contribution in [3.63, 3.8) is 0 Å². The zero-order valence-corrected chi connectivity index (χ0v) is 10.3. The topological polar surface area (TPSA) is 37.3 Å². The van der Waals surface area contributed by atoms with E-state index in [2.05, 4.69) is 19.6 Å². The first kappa shape index (κ1) is 12.4. The molecule has 0 atom stereocenters. The third-order valence-electron chi connectivity index (χ3n) is 0.906. The molecule has 0 saturated heterocycles. The van der Waals surface area contributed by atoms with Crippen molar-refractivity contribution in [1.29, 1.82) is 0 Å². The van der Waals surface area contributed by atoms with Crippen LogP contribution >= 0.6 is 11.3 Å². The van der Waals surface area contributed by atoms with Crippen molar-refractivity contribution < 1.29 is 9.90 Å². The maximum absolute atomic E-state index is 10.1. The minimum Gasteiger partial charge on any atom is -0.481 e. The van der Waals surface area contributed by atoms with Crippen LogP contribution in [0.1, 0.15) is 4.88 Å². The van der Waals surface area contributed by atoms with Crippen molar-refractivity contribution >= 4 is 26.1 Å². The summed E-state index contributed by atoms with van der Waals surface area (Å²) in [5.41, 5.74) is 0. The van der Waals surface area contributed by atoms with Gasteiger partial charge in [0.2, 0.25) is 0 Å². The van der Waals surface area contributed by atoms with Crippen LogP contribution in [-0.4, -0.2) is 19.9 Å². The van der Waals surface area contributed by atoms with E-state index in [0.717, 1.165) is 4.88 Å². The number of hydrogen-bond donors (Lipinski definition) is 1. The third kappa shape index (κ3) is 9.30. The first-order chi connectivity index (χ1) is 6.02. The first-order valence-corrected chi connectivity index (χ1v) is 8.61. The quantitative estimate of drug-likeness (QED) is 0.771. The largest absolute Gasteiger partial charge is 0.481 e. The molecule has 1 N–H and O–H groups in total. The summed E-state index contributed by atoms with van der Waals surface area (Å²) < 4.78 is 0. The van der Waals surface area contributed by atoms with Crippen LogP contribution in [0.25, 0.3) is 0 Å². The van der Waals surface area contributed by atoms with Gasteiger partial charge in [-0.1, -0.05) is 25.7 Å². The van der Waals surface area contributed by atoms with Crippen LogP contribution in [0.15, 0.2) is 17.5 Å². The molecule has 13 heavy (non-hydrogen) atoms. The van der Waals surface area contributed by atoms with Gasteiger partial charge in [0.25, 0.3) is 0 Å². The second-order valence-corrected chi connectivity index (χ2v) is 7.88. The molecule has 0 aliphatic carbocycles. The van der Waals surface area contributed by atoms with Gasteiger partial charge in [-0.25, -0.2) is 0 Å². The number of carboxylic acid groups (broad SMARTS) is 1. The normalized spacial score (nSPS) is 9.23. The summed E-state index contributed by atoms with van der Waals surface area (Å²) in [5, 5.41) is 10.2. The van der Waals surface area contributed by atoms with Gasteiger partial charge in [0.1, 0.15) is 0 Å². The molecule has 0 bridgehead atoms. The zero-order chi connectivity index (χ0) is 10.3. The number of carbonyl (C=O) groups is 1. The smallest absolute Gasteiger partial charge is 0.308 e. The summed E-state index contributed by atoms with van der Waals surface area (Å²) in [4.78, 5) is 11.0. The van der Waals surface area contributed by atoms with Gasteiger partial charge in [-0.3, -0.25) is 4.79 Å². The Bertz CT molecular complexity index is 229. The van der Waals surface area contributed by atoms with Crippen LogP contribution in [0.4, 0.5) is 0 Å². The molecule has 2 nitrogen and oxygen atoms in total. The molecule has 0 aliphatic rings. The van der Waals surface area contributed by atoms with E-state index in [4.69, 9.17) is 5.11 Å². The average molecular weight is 216 g/mol. The lowest BCUT2D eigenvalue weighted by atomic mass is 10.3. The lowest BCUT2D eigenvalue weighted by Gasteiger charge is -1.85. The highest BCUT2D eigenvalue weighted by molar-refractivity contribution is 7.10. The highest BCUT2D eigenvalue weighted by atomic mass is 32.1. The molecule has 0 fully saturated rings. The molecule has 0 spiro atoms. The predicted molar refractivity (Wildman–Crippen MR) is 60.4 cm³/mol. The minimum absolute atomic E-state index is 0.139. The van der Waals surface area contributed by atoms with E-state index < -0.39 is 5.97 Å². The number of thiophene rings is 1. The Balaban J connectivity index is 0.000000310. The van der Waals surface area contributed by atoms with Crippen LogP contribution in [-0.2, 0) is 11.2 Å². The van der Waals surface area contributed by atoms with Crippen LogP contribution in [0.3, 0.4) is 0 Å². The monoisotopic (exact) mass is 216 g/mol. The molecule has 4 heteroatoms. The summed E-state index contributed by atoms with van der Waals surface area (Å²) in [6.07, 6.45) is 0.150. The third-order valence-corrected chi connectivity index (χ3v) is 1.78. The Morgan fingerprint density at radius 1 is 1.54 bits per heavy atom. The Labute approximate surface area is 84.8 Å². The zero-order valence-electron chi connectivity index (χ0n) is 8.28. The number of carboxylic acids is 1. The van der Waals surface area contributed by atoms with Crippen LogP contribution in [0.2, 0.25) is 19.6 Å². The lowest BCUT2D eigenvalue weighted by molar-refractivity contribution is -0.136. The summed E-state index contributed by atoms with van der Waals surface area (Å²) in [6.45, 7) is 6.92. The molecule has 1 heterocycles. The van der Waals surface area contributed by atoms with Crippen LogP contribution < -0.4 is 0 Å². The van der Waals surface area contributed by atoms with E-state index in [-0.39, 0.29) is 15.2 Å². The molecule has 0 amide bonds. The number of aliphatic carboxylic acids is 1. The van der Waals surface area contributed by atoms with Gasteiger partial charge >= 0.3 is 5.97 Å². The molecular weight excluding hydrogens is 200 g/mol. The fourth-order valence-electron chi connectivity index (χ4n) is 0.562. The van der Waals surface area contributed by atoms with Crippen LogP contribution in [0, 0.1) is 0 Å². The molecule has 0 unspecified atom stereocenters. The van der Waals surface area contributed by atoms with Gasteiger partial charge in [0.15, 0.2) is 0 Å². The van der Waals surface area contributed by atoms with Gasteiger partial charge in [-0.2, -0.15) is 0 Å². The van der Waals surface area contributed by atoms with Gasteiger partial charge in [-0.05, 0) is 11.4 Å². The summed E-state index contributed by atoms with van der Waals surface area (Å²) >= 11 is 1.47. The Morgan fingerprint density at radius 3 is 2.38 bits per heavy atom. The predicted octanol–water partition coefficient (Wildman–Crippen LogP) is 2.48. The van der Waals surface area contributed by atoms with E-state index in [1.807, 2.05) is 17.5 Å². The van der Waals surface area contributed by atoms with Gasteiger partial charge in [0, 0.05) is 13.7 Å². The van der Waals surface area contributed by atoms with Crippen molar-refractivity contribution in [2.24, 2.45) is 0 Å². The average Bonchev–Trinajstić information content (AvgIpc) is 2.36. The van der Waals surface area contributed by atoms with E-state index in [1.165, 1.54) is 11.3 Å². The van der Waals surface area contributed by atoms with Crippen molar-refractivity contribution in [2.45, 2.75) is 26.1 Å². The highest BCUT2D eigenvalue weighted by Crippen LogP contribution is 2.08. The maximum atomic E-state index is 10.1. The first-order valence-electron chi connectivity index (χ1n) is 4.26. The standard InChI is InChI=1S/C6H6O2S.C3H10Si/c7-6(8)4-5-2-1-3-9-5;1-4(2)3/h1-3H,4H2,(H,7,8);4H,1-3H3. The Kier molecular flexibility index (Phi) is 6.53. The molecule has 1 aromatic heterocycles. The van der Waals surface area contributed by atoms with Crippen molar-refractivity contribution in [1.82, 2.24) is 0 Å². The fraction of sp³-hybridized carbons (Fsp3) is 0.444. The second kappa shape index (κ2) is 6.86. The Morgan fingerprint density at radius 2 is 2.08 bits per heavy atom. The molecule has 1 aromatic rings. The van der Waals surface area contributed by atoms with Crippen molar-refractivity contribution in [3.05, 3.63) is 22.4 Å². The van der Waals surface area contributed by atoms with Crippen molar-refractivity contribution in [3.8, 4) is 0 Å². The van der Waals surface area contributed by atoms with E-state index in [9.17, 15) is 4.79 Å². The Hall–Kier alpha value is -0.613. The molecule has 1 rings (SSSR count).